The number of piperidine rings is 1. The topological polar surface area (TPSA) is 79.0 Å². The largest absolute Gasteiger partial charge is 0.444 e. The van der Waals surface area contributed by atoms with Crippen molar-refractivity contribution >= 4 is 16.1 Å². The van der Waals surface area contributed by atoms with E-state index < -0.39 is 15.6 Å². The van der Waals surface area contributed by atoms with Crippen LogP contribution in [0.15, 0.2) is 0 Å². The maximum atomic E-state index is 12.0. The van der Waals surface area contributed by atoms with Crippen molar-refractivity contribution in [2.75, 3.05) is 46.0 Å². The zero-order chi connectivity index (χ0) is 17.7. The Hall–Kier alpha value is -0.860. The molecule has 1 aliphatic heterocycles. The molecule has 1 fully saturated rings. The lowest BCUT2D eigenvalue weighted by Crippen LogP contribution is -2.44. The number of nitrogens with zero attached hydrogens (tertiary/aromatic N) is 2. The van der Waals surface area contributed by atoms with Gasteiger partial charge in [0, 0.05) is 33.2 Å². The van der Waals surface area contributed by atoms with E-state index >= 15 is 0 Å². The lowest BCUT2D eigenvalue weighted by Gasteiger charge is -2.35. The second kappa shape index (κ2) is 8.30. The Balaban J connectivity index is 2.38. The fraction of sp³-hybridized carbons (Fsp3) is 0.933. The van der Waals surface area contributed by atoms with E-state index in [4.69, 9.17) is 4.74 Å². The van der Waals surface area contributed by atoms with Gasteiger partial charge in [0.15, 0.2) is 0 Å². The summed E-state index contributed by atoms with van der Waals surface area (Å²) in [6.07, 6.45) is 3.00. The van der Waals surface area contributed by atoms with Crippen molar-refractivity contribution in [3.63, 3.8) is 0 Å². The molecule has 1 saturated heterocycles. The smallest absolute Gasteiger partial charge is 0.410 e. The number of hydrogen-bond acceptors (Lipinski definition) is 5. The number of likely N-dealkylation sites (tertiary alicyclic amines) is 1. The van der Waals surface area contributed by atoms with Crippen LogP contribution in [-0.4, -0.2) is 75.9 Å². The summed E-state index contributed by atoms with van der Waals surface area (Å²) in [4.78, 5) is 15.9. The van der Waals surface area contributed by atoms with Gasteiger partial charge in [0.25, 0.3) is 0 Å². The molecule has 1 rings (SSSR count). The molecule has 1 N–H and O–H groups in total. The highest BCUT2D eigenvalue weighted by Gasteiger charge is 2.25. The van der Waals surface area contributed by atoms with Crippen molar-refractivity contribution < 1.29 is 17.9 Å². The van der Waals surface area contributed by atoms with E-state index in [9.17, 15) is 13.2 Å². The Morgan fingerprint density at radius 2 is 2.04 bits per heavy atom. The Bertz CT molecular complexity index is 487. The lowest BCUT2D eigenvalue weighted by atomic mass is 9.97. The summed E-state index contributed by atoms with van der Waals surface area (Å²) >= 11 is 0. The molecule has 23 heavy (non-hydrogen) atoms. The molecule has 0 saturated carbocycles. The van der Waals surface area contributed by atoms with Crippen molar-refractivity contribution in [2.24, 2.45) is 5.92 Å². The molecular weight excluding hydrogens is 318 g/mol. The lowest BCUT2D eigenvalue weighted by molar-refractivity contribution is 0.0244. The highest BCUT2D eigenvalue weighted by Crippen LogP contribution is 2.18. The third-order valence-corrected chi connectivity index (χ3v) is 4.36. The van der Waals surface area contributed by atoms with Gasteiger partial charge in [-0.1, -0.05) is 0 Å². The fourth-order valence-electron chi connectivity index (χ4n) is 2.69. The van der Waals surface area contributed by atoms with Crippen LogP contribution in [0, 0.1) is 5.92 Å². The van der Waals surface area contributed by atoms with Crippen molar-refractivity contribution in [1.29, 1.82) is 0 Å². The van der Waals surface area contributed by atoms with E-state index in [-0.39, 0.29) is 6.09 Å². The first-order valence-electron chi connectivity index (χ1n) is 8.07. The summed E-state index contributed by atoms with van der Waals surface area (Å²) in [6, 6.07) is 0. The molecule has 1 heterocycles. The molecule has 1 amide bonds. The molecule has 0 aliphatic carbocycles. The monoisotopic (exact) mass is 349 g/mol. The molecule has 0 bridgehead atoms. The second-order valence-electron chi connectivity index (χ2n) is 7.34. The summed E-state index contributed by atoms with van der Waals surface area (Å²) in [5.41, 5.74) is -0.485. The van der Waals surface area contributed by atoms with Crippen LogP contribution >= 0.6 is 0 Å². The van der Waals surface area contributed by atoms with Crippen LogP contribution < -0.4 is 4.72 Å². The van der Waals surface area contributed by atoms with E-state index in [1.165, 1.54) is 6.26 Å². The van der Waals surface area contributed by atoms with E-state index in [1.807, 2.05) is 20.8 Å². The molecule has 0 aromatic carbocycles. The van der Waals surface area contributed by atoms with Crippen LogP contribution in [0.3, 0.4) is 0 Å². The Labute approximate surface area is 140 Å². The standard InChI is InChI=1S/C15H31N3O4S/c1-15(2,3)22-14(19)17(4)11-13-7-6-9-18(12-13)10-8-16-23(5,20)21/h13,16H,6-12H2,1-5H3. The maximum absolute atomic E-state index is 12.0. The first-order chi connectivity index (χ1) is 10.5. The van der Waals surface area contributed by atoms with Crippen LogP contribution in [0.2, 0.25) is 0 Å². The number of hydrogen-bond donors (Lipinski definition) is 1. The molecule has 8 heteroatoms. The van der Waals surface area contributed by atoms with Crippen LogP contribution in [0.1, 0.15) is 33.6 Å². The molecule has 0 aromatic rings. The number of sulfonamides is 1. The Morgan fingerprint density at radius 3 is 2.61 bits per heavy atom. The van der Waals surface area contributed by atoms with Gasteiger partial charge in [-0.25, -0.2) is 17.9 Å². The normalized spacial score (nSPS) is 20.3. The van der Waals surface area contributed by atoms with Crippen molar-refractivity contribution in [3.05, 3.63) is 0 Å². The zero-order valence-electron chi connectivity index (χ0n) is 15.0. The first-order valence-corrected chi connectivity index (χ1v) is 9.96. The number of ether oxygens (including phenoxy) is 1. The van der Waals surface area contributed by atoms with Gasteiger partial charge in [0.1, 0.15) is 5.60 Å². The summed E-state index contributed by atoms with van der Waals surface area (Å²) < 4.78 is 30.0. The predicted molar refractivity (Wildman–Crippen MR) is 90.9 cm³/mol. The van der Waals surface area contributed by atoms with Crippen molar-refractivity contribution in [2.45, 2.75) is 39.2 Å². The van der Waals surface area contributed by atoms with Crippen LogP contribution in [-0.2, 0) is 14.8 Å². The van der Waals surface area contributed by atoms with Crippen molar-refractivity contribution in [1.82, 2.24) is 14.5 Å². The molecule has 0 spiro atoms. The van der Waals surface area contributed by atoms with Gasteiger partial charge in [0.05, 0.1) is 6.26 Å². The Morgan fingerprint density at radius 1 is 1.39 bits per heavy atom. The third-order valence-electron chi connectivity index (χ3n) is 3.63. The Kier molecular flexibility index (Phi) is 7.29. The van der Waals surface area contributed by atoms with Gasteiger partial charge >= 0.3 is 6.09 Å². The van der Waals surface area contributed by atoms with E-state index in [1.54, 1.807) is 11.9 Å². The minimum absolute atomic E-state index is 0.298. The first kappa shape index (κ1) is 20.2. The van der Waals surface area contributed by atoms with Gasteiger partial charge in [-0.3, -0.25) is 0 Å². The highest BCUT2D eigenvalue weighted by atomic mass is 32.2. The molecule has 136 valence electrons. The van der Waals surface area contributed by atoms with E-state index in [0.29, 0.717) is 25.6 Å². The van der Waals surface area contributed by atoms with Crippen LogP contribution in [0.4, 0.5) is 4.79 Å². The highest BCUT2D eigenvalue weighted by molar-refractivity contribution is 7.88. The quantitative estimate of drug-likeness (QED) is 0.777. The maximum Gasteiger partial charge on any atom is 0.410 e. The summed E-state index contributed by atoms with van der Waals surface area (Å²) in [6.45, 7) is 9.19. The molecule has 1 aliphatic rings. The number of carbonyl (C=O) groups is 1. The summed E-state index contributed by atoms with van der Waals surface area (Å²) in [7, 11) is -1.37. The van der Waals surface area contributed by atoms with Crippen LogP contribution in [0.25, 0.3) is 0 Å². The SMILES string of the molecule is CN(CC1CCCN(CCNS(C)(=O)=O)C1)C(=O)OC(C)(C)C. The number of carbonyl (C=O) groups excluding carboxylic acids is 1. The number of amides is 1. The molecule has 7 nitrogen and oxygen atoms in total. The van der Waals surface area contributed by atoms with E-state index in [2.05, 4.69) is 9.62 Å². The van der Waals surface area contributed by atoms with Gasteiger partial charge in [-0.15, -0.1) is 0 Å². The van der Waals surface area contributed by atoms with Crippen LogP contribution in [0.5, 0.6) is 0 Å². The molecule has 1 unspecified atom stereocenters. The summed E-state index contributed by atoms with van der Waals surface area (Å²) in [5, 5.41) is 0. The molecule has 0 radical (unpaired) electrons. The summed E-state index contributed by atoms with van der Waals surface area (Å²) in [5.74, 6) is 0.388. The average molecular weight is 349 g/mol. The second-order valence-corrected chi connectivity index (χ2v) is 9.17. The minimum Gasteiger partial charge on any atom is -0.444 e. The minimum atomic E-state index is -3.13. The van der Waals surface area contributed by atoms with Gasteiger partial charge in [-0.05, 0) is 46.1 Å². The average Bonchev–Trinajstić information content (AvgIpc) is 2.35. The van der Waals surface area contributed by atoms with Gasteiger partial charge < -0.3 is 14.5 Å². The number of rotatable bonds is 6. The van der Waals surface area contributed by atoms with Gasteiger partial charge in [0.2, 0.25) is 10.0 Å². The van der Waals surface area contributed by atoms with Gasteiger partial charge in [-0.2, -0.15) is 0 Å². The van der Waals surface area contributed by atoms with Crippen molar-refractivity contribution in [3.8, 4) is 0 Å². The zero-order valence-corrected chi connectivity index (χ0v) is 15.8. The fourth-order valence-corrected chi connectivity index (χ4v) is 3.16. The predicted octanol–water partition coefficient (Wildman–Crippen LogP) is 1.11. The molecule has 0 aromatic heterocycles. The third kappa shape index (κ3) is 9.12. The molecule has 1 atom stereocenters. The number of nitrogens with one attached hydrogen (secondary N) is 1. The van der Waals surface area contributed by atoms with E-state index in [0.717, 1.165) is 25.9 Å². The molecular formula is C15H31N3O4S.